The highest BCUT2D eigenvalue weighted by Gasteiger charge is 2.17. The fraction of sp³-hybridized carbons (Fsp3) is 0.562. The zero-order chi connectivity index (χ0) is 16.9. The zero-order valence-electron chi connectivity index (χ0n) is 14.5. The van der Waals surface area contributed by atoms with Gasteiger partial charge >= 0.3 is 0 Å². The van der Waals surface area contributed by atoms with E-state index in [4.69, 9.17) is 0 Å². The number of rotatable bonds is 5. The smallest absolute Gasteiger partial charge is 0.242 e. The third kappa shape index (κ3) is 5.32. The predicted octanol–water partition coefficient (Wildman–Crippen LogP) is 2.12. The van der Waals surface area contributed by atoms with Crippen molar-refractivity contribution in [2.45, 2.75) is 31.2 Å². The predicted molar refractivity (Wildman–Crippen MR) is 108 cm³/mol. The molecule has 1 saturated heterocycles. The Morgan fingerprint density at radius 2 is 1.79 bits per heavy atom. The van der Waals surface area contributed by atoms with Crippen LogP contribution < -0.4 is 5.32 Å². The highest BCUT2D eigenvalue weighted by molar-refractivity contribution is 14.0. The van der Waals surface area contributed by atoms with Crippen LogP contribution in [0.4, 0.5) is 0 Å². The molecule has 0 atom stereocenters. The van der Waals surface area contributed by atoms with E-state index in [9.17, 15) is 8.42 Å². The average molecular weight is 466 g/mol. The van der Waals surface area contributed by atoms with E-state index in [0.717, 1.165) is 31.2 Å². The standard InChI is InChI=1S/C16H26N4O2S.HI/c1-4-17-16(20-11-5-6-12-20)18-13-14-7-9-15(10-8-14)23(21,22)19(2)3;/h7-10H,4-6,11-13H2,1-3H3,(H,17,18);1H. The first-order valence-electron chi connectivity index (χ1n) is 8.00. The van der Waals surface area contributed by atoms with Crippen LogP contribution in [0, 0.1) is 0 Å². The summed E-state index contributed by atoms with van der Waals surface area (Å²) >= 11 is 0. The number of nitrogens with zero attached hydrogens (tertiary/aromatic N) is 3. The van der Waals surface area contributed by atoms with Gasteiger partial charge in [-0.1, -0.05) is 12.1 Å². The minimum absolute atomic E-state index is 0. The SMILES string of the molecule is CCNC(=NCc1ccc(S(=O)(=O)N(C)C)cc1)N1CCCC1.I. The first-order chi connectivity index (χ1) is 10.9. The number of halogens is 1. The minimum Gasteiger partial charge on any atom is -0.357 e. The second kappa shape index (κ2) is 9.57. The van der Waals surface area contributed by atoms with E-state index < -0.39 is 10.0 Å². The van der Waals surface area contributed by atoms with E-state index in [1.54, 1.807) is 12.1 Å². The zero-order valence-corrected chi connectivity index (χ0v) is 17.7. The summed E-state index contributed by atoms with van der Waals surface area (Å²) in [7, 11) is -0.302. The average Bonchev–Trinajstić information content (AvgIpc) is 3.06. The van der Waals surface area contributed by atoms with Gasteiger partial charge in [0.2, 0.25) is 10.0 Å². The van der Waals surface area contributed by atoms with Gasteiger partial charge in [0.05, 0.1) is 11.4 Å². The van der Waals surface area contributed by atoms with Gasteiger partial charge in [-0.25, -0.2) is 17.7 Å². The molecule has 1 aromatic rings. The quantitative estimate of drug-likeness (QED) is 0.410. The molecule has 0 bridgehead atoms. The van der Waals surface area contributed by atoms with Crippen molar-refractivity contribution in [3.63, 3.8) is 0 Å². The Morgan fingerprint density at radius 3 is 2.29 bits per heavy atom. The summed E-state index contributed by atoms with van der Waals surface area (Å²) in [6, 6.07) is 6.94. The van der Waals surface area contributed by atoms with Crippen molar-refractivity contribution in [3.05, 3.63) is 29.8 Å². The first kappa shape index (κ1) is 21.2. The molecule has 1 N–H and O–H groups in total. The molecule has 0 amide bonds. The van der Waals surface area contributed by atoms with Crippen molar-refractivity contribution >= 4 is 40.0 Å². The van der Waals surface area contributed by atoms with Gasteiger partial charge in [0.25, 0.3) is 0 Å². The Morgan fingerprint density at radius 1 is 1.21 bits per heavy atom. The lowest BCUT2D eigenvalue weighted by molar-refractivity contribution is 0.493. The van der Waals surface area contributed by atoms with Crippen molar-refractivity contribution in [1.82, 2.24) is 14.5 Å². The lowest BCUT2D eigenvalue weighted by Gasteiger charge is -2.20. The van der Waals surface area contributed by atoms with Crippen molar-refractivity contribution in [3.8, 4) is 0 Å². The Labute approximate surface area is 162 Å². The van der Waals surface area contributed by atoms with Gasteiger partial charge in [-0.3, -0.25) is 0 Å². The van der Waals surface area contributed by atoms with E-state index in [0.29, 0.717) is 11.4 Å². The fourth-order valence-corrected chi connectivity index (χ4v) is 3.40. The maximum absolute atomic E-state index is 12.1. The largest absolute Gasteiger partial charge is 0.357 e. The van der Waals surface area contributed by atoms with Gasteiger partial charge in [0.15, 0.2) is 5.96 Å². The Hall–Kier alpha value is -0.870. The number of hydrogen-bond donors (Lipinski definition) is 1. The molecule has 136 valence electrons. The molecule has 24 heavy (non-hydrogen) atoms. The van der Waals surface area contributed by atoms with Crippen molar-refractivity contribution < 1.29 is 8.42 Å². The van der Waals surface area contributed by atoms with Crippen LogP contribution in [0.5, 0.6) is 0 Å². The van der Waals surface area contributed by atoms with Gasteiger partial charge in [-0.15, -0.1) is 24.0 Å². The van der Waals surface area contributed by atoms with E-state index in [1.807, 2.05) is 12.1 Å². The number of aliphatic imine (C=N–C) groups is 1. The molecule has 0 aliphatic carbocycles. The van der Waals surface area contributed by atoms with Crippen LogP contribution in [-0.2, 0) is 16.6 Å². The van der Waals surface area contributed by atoms with E-state index in [2.05, 4.69) is 22.1 Å². The van der Waals surface area contributed by atoms with E-state index in [1.165, 1.54) is 31.2 Å². The summed E-state index contributed by atoms with van der Waals surface area (Å²) in [6.45, 7) is 5.54. The molecule has 0 spiro atoms. The van der Waals surface area contributed by atoms with Crippen LogP contribution in [0.2, 0.25) is 0 Å². The molecule has 6 nitrogen and oxygen atoms in total. The maximum atomic E-state index is 12.1. The van der Waals surface area contributed by atoms with Crippen LogP contribution >= 0.6 is 24.0 Å². The molecule has 0 radical (unpaired) electrons. The molecular formula is C16H27IN4O2S. The highest BCUT2D eigenvalue weighted by Crippen LogP contribution is 2.15. The Kier molecular flexibility index (Phi) is 8.44. The van der Waals surface area contributed by atoms with Crippen LogP contribution in [-0.4, -0.2) is 57.3 Å². The maximum Gasteiger partial charge on any atom is 0.242 e. The Bertz CT molecular complexity index is 639. The number of hydrogen-bond acceptors (Lipinski definition) is 3. The van der Waals surface area contributed by atoms with Crippen LogP contribution in [0.3, 0.4) is 0 Å². The van der Waals surface area contributed by atoms with Crippen molar-refractivity contribution in [2.24, 2.45) is 4.99 Å². The van der Waals surface area contributed by atoms with Crippen molar-refractivity contribution in [1.29, 1.82) is 0 Å². The molecule has 0 unspecified atom stereocenters. The third-order valence-electron chi connectivity index (χ3n) is 3.85. The van der Waals surface area contributed by atoms with E-state index >= 15 is 0 Å². The van der Waals surface area contributed by atoms with Gasteiger partial charge < -0.3 is 10.2 Å². The molecule has 0 aromatic heterocycles. The van der Waals surface area contributed by atoms with Crippen molar-refractivity contribution in [2.75, 3.05) is 33.7 Å². The summed E-state index contributed by atoms with van der Waals surface area (Å²) in [5.41, 5.74) is 0.998. The highest BCUT2D eigenvalue weighted by atomic mass is 127. The number of nitrogens with one attached hydrogen (secondary N) is 1. The summed E-state index contributed by atoms with van der Waals surface area (Å²) in [6.07, 6.45) is 2.42. The lowest BCUT2D eigenvalue weighted by atomic mass is 10.2. The summed E-state index contributed by atoms with van der Waals surface area (Å²) in [5.74, 6) is 0.940. The number of sulfonamides is 1. The number of guanidine groups is 1. The van der Waals surface area contributed by atoms with Crippen LogP contribution in [0.1, 0.15) is 25.3 Å². The molecular weight excluding hydrogens is 439 g/mol. The number of likely N-dealkylation sites (tertiary alicyclic amines) is 1. The first-order valence-corrected chi connectivity index (χ1v) is 9.44. The van der Waals surface area contributed by atoms with E-state index in [-0.39, 0.29) is 24.0 Å². The second-order valence-corrected chi connectivity index (χ2v) is 7.95. The molecule has 8 heteroatoms. The van der Waals surface area contributed by atoms with Gasteiger partial charge in [0, 0.05) is 33.7 Å². The second-order valence-electron chi connectivity index (χ2n) is 5.80. The fourth-order valence-electron chi connectivity index (χ4n) is 2.50. The van der Waals surface area contributed by atoms with Crippen LogP contribution in [0.15, 0.2) is 34.2 Å². The van der Waals surface area contributed by atoms with Gasteiger partial charge in [-0.2, -0.15) is 0 Å². The molecule has 1 heterocycles. The van der Waals surface area contributed by atoms with Gasteiger partial charge in [0.1, 0.15) is 0 Å². The summed E-state index contributed by atoms with van der Waals surface area (Å²) in [5, 5.41) is 3.32. The normalized spacial score (nSPS) is 15.5. The lowest BCUT2D eigenvalue weighted by Crippen LogP contribution is -2.39. The summed E-state index contributed by atoms with van der Waals surface area (Å²) in [4.78, 5) is 7.24. The monoisotopic (exact) mass is 466 g/mol. The molecule has 1 aliphatic rings. The number of benzene rings is 1. The minimum atomic E-state index is -3.37. The molecule has 2 rings (SSSR count). The summed E-state index contributed by atoms with van der Waals surface area (Å²) < 4.78 is 25.3. The molecule has 1 aromatic carbocycles. The molecule has 1 fully saturated rings. The third-order valence-corrected chi connectivity index (χ3v) is 5.68. The molecule has 1 aliphatic heterocycles. The van der Waals surface area contributed by atoms with Gasteiger partial charge in [-0.05, 0) is 37.5 Å². The topological polar surface area (TPSA) is 65.0 Å². The Balaban J connectivity index is 0.00000288. The molecule has 0 saturated carbocycles. The van der Waals surface area contributed by atoms with Crippen LogP contribution in [0.25, 0.3) is 0 Å².